The van der Waals surface area contributed by atoms with Crippen LogP contribution in [0.25, 0.3) is 0 Å². The highest BCUT2D eigenvalue weighted by Crippen LogP contribution is 2.36. The molecular weight excluding hydrogens is 566 g/mol. The molecule has 10 nitrogen and oxygen atoms in total. The second-order valence-electron chi connectivity index (χ2n) is 9.54. The zero-order valence-corrected chi connectivity index (χ0v) is 20.3. The predicted molar refractivity (Wildman–Crippen MR) is 128 cm³/mol. The standard InChI is InChI=1S/C12H8BF5O5.C12H16O5.CH4/c14-4-3(5(15)7(17)8(18)6(4)16)13-22-10-2-1-20-12(21-2)11(23-13)9(10)19;13-6-8-9(14)10(15)11(16)12(17-8)7-4-2-1-3-5-7;/h2,9-12,19H,1H2;1-5,8-16H,6H2;1H4/t2-,9+,10?,11?,12-;8-,9?,10+,11?,12+;/m11./s1. The first kappa shape index (κ1) is 31.7. The van der Waals surface area contributed by atoms with Gasteiger partial charge in [-0.1, -0.05) is 37.8 Å². The van der Waals surface area contributed by atoms with Crippen LogP contribution in [-0.4, -0.2) is 101 Å². The van der Waals surface area contributed by atoms with Crippen LogP contribution in [-0.2, 0) is 23.5 Å². The Balaban J connectivity index is 0.000000193. The van der Waals surface area contributed by atoms with E-state index in [9.17, 15) is 42.4 Å². The van der Waals surface area contributed by atoms with Gasteiger partial charge in [-0.2, -0.15) is 0 Å². The van der Waals surface area contributed by atoms with Crippen LogP contribution in [0.2, 0.25) is 0 Å². The average molecular weight is 594 g/mol. The van der Waals surface area contributed by atoms with Crippen molar-refractivity contribution in [1.29, 1.82) is 0 Å². The number of aliphatic hydroxyl groups is 5. The number of aliphatic hydroxyl groups excluding tert-OH is 5. The molecule has 41 heavy (non-hydrogen) atoms. The second-order valence-corrected chi connectivity index (χ2v) is 9.54. The van der Waals surface area contributed by atoms with Crippen molar-refractivity contribution in [1.82, 2.24) is 0 Å². The van der Waals surface area contributed by atoms with Gasteiger partial charge in [-0.25, -0.2) is 22.0 Å². The van der Waals surface area contributed by atoms with E-state index in [2.05, 4.69) is 0 Å². The van der Waals surface area contributed by atoms with E-state index < -0.39 is 109 Å². The Labute approximate surface area is 230 Å². The Morgan fingerprint density at radius 1 is 0.732 bits per heavy atom. The highest BCUT2D eigenvalue weighted by molar-refractivity contribution is 6.61. The van der Waals surface area contributed by atoms with Crippen LogP contribution in [0.5, 0.6) is 0 Å². The minimum Gasteiger partial charge on any atom is -0.399 e. The summed E-state index contributed by atoms with van der Waals surface area (Å²) >= 11 is 0. The van der Waals surface area contributed by atoms with Crippen molar-refractivity contribution in [3.63, 3.8) is 0 Å². The minimum atomic E-state index is -2.27. The maximum Gasteiger partial charge on any atom is 0.501 e. The molecule has 16 heteroatoms. The van der Waals surface area contributed by atoms with Gasteiger partial charge in [0.2, 0.25) is 0 Å². The van der Waals surface area contributed by atoms with E-state index in [1.807, 2.05) is 6.07 Å². The monoisotopic (exact) mass is 594 g/mol. The molecule has 6 rings (SSSR count). The lowest BCUT2D eigenvalue weighted by Gasteiger charge is -2.44. The van der Waals surface area contributed by atoms with Crippen molar-refractivity contribution < 1.29 is 71.0 Å². The fourth-order valence-electron chi connectivity index (χ4n) is 4.97. The Hall–Kier alpha value is -2.25. The van der Waals surface area contributed by atoms with E-state index in [0.717, 1.165) is 0 Å². The number of hydrogen-bond acceptors (Lipinski definition) is 10. The van der Waals surface area contributed by atoms with E-state index >= 15 is 0 Å². The first-order valence-corrected chi connectivity index (χ1v) is 12.2. The van der Waals surface area contributed by atoms with Crippen LogP contribution in [0, 0.1) is 29.1 Å². The van der Waals surface area contributed by atoms with E-state index in [0.29, 0.717) is 5.56 Å². The van der Waals surface area contributed by atoms with Crippen LogP contribution >= 0.6 is 0 Å². The second kappa shape index (κ2) is 12.5. The molecule has 4 saturated heterocycles. The molecule has 4 aliphatic heterocycles. The fourth-order valence-corrected chi connectivity index (χ4v) is 4.97. The van der Waals surface area contributed by atoms with Gasteiger partial charge in [0.25, 0.3) is 0 Å². The lowest BCUT2D eigenvalue weighted by Crippen LogP contribution is -2.66. The number of ether oxygens (including phenoxy) is 3. The quantitative estimate of drug-likeness (QED) is 0.140. The molecule has 0 amide bonds. The molecule has 2 aromatic rings. The summed E-state index contributed by atoms with van der Waals surface area (Å²) in [7, 11) is -1.88. The molecule has 0 aliphatic carbocycles. The number of fused-ring (bicyclic) bond motifs is 6. The topological polar surface area (TPSA) is 147 Å². The largest absolute Gasteiger partial charge is 0.501 e. The molecule has 0 saturated carbocycles. The summed E-state index contributed by atoms with van der Waals surface area (Å²) in [6.45, 7) is -0.357. The van der Waals surface area contributed by atoms with Crippen molar-refractivity contribution >= 4 is 12.6 Å². The van der Waals surface area contributed by atoms with Gasteiger partial charge >= 0.3 is 7.12 Å². The maximum absolute atomic E-state index is 13.9. The van der Waals surface area contributed by atoms with Gasteiger partial charge in [-0.3, -0.25) is 0 Å². The highest BCUT2D eigenvalue weighted by atomic mass is 19.2. The number of rotatable bonds is 3. The van der Waals surface area contributed by atoms with Gasteiger partial charge in [0.15, 0.2) is 35.4 Å². The molecule has 0 spiro atoms. The summed E-state index contributed by atoms with van der Waals surface area (Å²) in [5.74, 6) is -10.6. The van der Waals surface area contributed by atoms with E-state index in [4.69, 9.17) is 28.6 Å². The summed E-state index contributed by atoms with van der Waals surface area (Å²) in [6.07, 6.45) is -10.6. The van der Waals surface area contributed by atoms with E-state index in [-0.39, 0.29) is 14.0 Å². The van der Waals surface area contributed by atoms with Crippen molar-refractivity contribution in [2.24, 2.45) is 0 Å². The van der Waals surface area contributed by atoms with E-state index in [1.165, 1.54) is 0 Å². The smallest absolute Gasteiger partial charge is 0.399 e. The molecule has 0 radical (unpaired) electrons. The number of benzene rings is 2. The Bertz CT molecular complexity index is 1160. The Morgan fingerprint density at radius 2 is 1.32 bits per heavy atom. The first-order chi connectivity index (χ1) is 19.0. The normalized spacial score (nSPS) is 35.8. The Morgan fingerprint density at radius 3 is 1.93 bits per heavy atom. The molecule has 4 heterocycles. The molecule has 5 N–H and O–H groups in total. The first-order valence-electron chi connectivity index (χ1n) is 12.2. The lowest BCUT2D eigenvalue weighted by molar-refractivity contribution is -0.243. The van der Waals surface area contributed by atoms with Crippen LogP contribution in [0.15, 0.2) is 30.3 Å². The van der Waals surface area contributed by atoms with Crippen LogP contribution in [0.3, 0.4) is 0 Å². The lowest BCUT2D eigenvalue weighted by atomic mass is 9.74. The summed E-state index contributed by atoms with van der Waals surface area (Å²) in [5.41, 5.74) is -0.547. The van der Waals surface area contributed by atoms with Gasteiger partial charge in [0, 0.05) is 0 Å². The Kier molecular flexibility index (Phi) is 9.70. The average Bonchev–Trinajstić information content (AvgIpc) is 3.43. The molecule has 10 atom stereocenters. The number of hydrogen-bond donors (Lipinski definition) is 5. The summed E-state index contributed by atoms with van der Waals surface area (Å²) in [5, 5.41) is 48.2. The van der Waals surface area contributed by atoms with Crippen LogP contribution in [0.1, 0.15) is 19.1 Å². The molecule has 0 aromatic heterocycles. The van der Waals surface area contributed by atoms with Crippen molar-refractivity contribution in [3.8, 4) is 0 Å². The maximum atomic E-state index is 13.9. The summed E-state index contributed by atoms with van der Waals surface area (Å²) in [6, 6.07) is 8.92. The van der Waals surface area contributed by atoms with Crippen LogP contribution < -0.4 is 5.46 Å². The van der Waals surface area contributed by atoms with Gasteiger partial charge in [-0.15, -0.1) is 0 Å². The van der Waals surface area contributed by atoms with Gasteiger partial charge in [0.1, 0.15) is 54.9 Å². The molecule has 4 unspecified atom stereocenters. The molecular formula is C25H28BF5O10. The highest BCUT2D eigenvalue weighted by Gasteiger charge is 2.58. The van der Waals surface area contributed by atoms with Crippen molar-refractivity contribution in [2.45, 2.75) is 68.7 Å². The summed E-state index contributed by atoms with van der Waals surface area (Å²) in [4.78, 5) is 0. The van der Waals surface area contributed by atoms with Gasteiger partial charge in [-0.05, 0) is 5.56 Å². The minimum absolute atomic E-state index is 0. The third kappa shape index (κ3) is 5.61. The molecule has 4 fully saturated rings. The zero-order chi connectivity index (χ0) is 28.9. The van der Waals surface area contributed by atoms with Crippen LogP contribution in [0.4, 0.5) is 22.0 Å². The third-order valence-electron chi connectivity index (χ3n) is 7.10. The fraction of sp³-hybridized carbons (Fsp3) is 0.520. The van der Waals surface area contributed by atoms with Crippen molar-refractivity contribution in [2.75, 3.05) is 13.2 Å². The van der Waals surface area contributed by atoms with Gasteiger partial charge < -0.3 is 49.1 Å². The predicted octanol–water partition coefficient (Wildman–Crippen LogP) is -0.185. The number of halogens is 5. The molecule has 226 valence electrons. The SMILES string of the molecule is C.OC[C@H]1O[C@@H](c2ccccc2)C(O)[C@@H](O)C1O.O[C@@H]1C2OB(c3c(F)c(F)c(F)c(F)c3F)OC1[C@H]1CO[C@@H]2O1. The van der Waals surface area contributed by atoms with Gasteiger partial charge in [0.05, 0.1) is 18.7 Å². The van der Waals surface area contributed by atoms with E-state index in [1.54, 1.807) is 24.3 Å². The van der Waals surface area contributed by atoms with Crippen molar-refractivity contribution in [3.05, 3.63) is 65.0 Å². The molecule has 2 aromatic carbocycles. The third-order valence-corrected chi connectivity index (χ3v) is 7.10. The molecule has 4 bridgehead atoms. The zero-order valence-electron chi connectivity index (χ0n) is 20.3. The molecule has 4 aliphatic rings. The summed E-state index contributed by atoms with van der Waals surface area (Å²) < 4.78 is 93.7.